The highest BCUT2D eigenvalue weighted by atomic mass is 32.1. The van der Waals surface area contributed by atoms with Crippen LogP contribution < -0.4 is 4.74 Å². The van der Waals surface area contributed by atoms with Crippen LogP contribution in [-0.4, -0.2) is 51.6 Å². The molecule has 1 aliphatic heterocycles. The Morgan fingerprint density at radius 1 is 1.18 bits per heavy atom. The molecular weight excluding hydrogens is 448 g/mol. The van der Waals surface area contributed by atoms with Gasteiger partial charge in [0, 0.05) is 42.4 Å². The minimum Gasteiger partial charge on any atom is -0.496 e. The lowest BCUT2D eigenvalue weighted by molar-refractivity contribution is 0.0522. The Hall–Kier alpha value is -2.74. The molecule has 1 aliphatic carbocycles. The van der Waals surface area contributed by atoms with Crippen LogP contribution in [0.5, 0.6) is 5.75 Å². The summed E-state index contributed by atoms with van der Waals surface area (Å²) in [5, 5.41) is 6.46. The van der Waals surface area contributed by atoms with Crippen LogP contribution in [0.15, 0.2) is 12.1 Å². The molecule has 0 unspecified atom stereocenters. The third-order valence-electron chi connectivity index (χ3n) is 7.34. The number of fused-ring (bicyclic) bond motifs is 2. The molecule has 0 N–H and O–H groups in total. The molecule has 3 aromatic rings. The molecule has 1 fully saturated rings. The molecule has 34 heavy (non-hydrogen) atoms. The predicted molar refractivity (Wildman–Crippen MR) is 133 cm³/mol. The fourth-order valence-corrected chi connectivity index (χ4v) is 6.70. The van der Waals surface area contributed by atoms with E-state index in [1.54, 1.807) is 23.1 Å². The van der Waals surface area contributed by atoms with Crippen molar-refractivity contribution in [2.75, 3.05) is 20.2 Å². The highest BCUT2D eigenvalue weighted by Gasteiger charge is 2.44. The quantitative estimate of drug-likeness (QED) is 0.532. The first-order valence-corrected chi connectivity index (χ1v) is 12.7. The standard InChI is InChI=1S/C26H32N4O3S/c1-15-21-17(29(5)28-15)11-16(12-19(21)33-6)23(32)30-9-7-26(8-10-30)13-18(31)22-20(14-26)34-24(27-22)25(2,3)4/h11-12H,7-10,13-14H2,1-6H3. The molecule has 7 nitrogen and oxygen atoms in total. The number of methoxy groups -OCH3 is 1. The molecule has 0 saturated carbocycles. The van der Waals surface area contributed by atoms with E-state index < -0.39 is 0 Å². The number of amides is 1. The van der Waals surface area contributed by atoms with Gasteiger partial charge in [-0.25, -0.2) is 4.98 Å². The van der Waals surface area contributed by atoms with E-state index in [0.717, 1.165) is 45.7 Å². The second-order valence-electron chi connectivity index (χ2n) is 10.9. The number of carbonyl (C=O) groups is 2. The SMILES string of the molecule is COc1cc(C(=O)N2CCC3(CC2)CC(=O)c2nc(C(C)(C)C)sc2C3)cc2c1c(C)nn2C. The fraction of sp³-hybridized carbons (Fsp3) is 0.538. The molecule has 5 rings (SSSR count). The number of hydrogen-bond donors (Lipinski definition) is 0. The molecular formula is C26H32N4O3S. The summed E-state index contributed by atoms with van der Waals surface area (Å²) in [6, 6.07) is 3.73. The Bertz CT molecular complexity index is 1310. The molecule has 180 valence electrons. The van der Waals surface area contributed by atoms with Crippen molar-refractivity contribution < 1.29 is 14.3 Å². The third kappa shape index (κ3) is 3.72. The van der Waals surface area contributed by atoms with Crippen LogP contribution in [0, 0.1) is 12.3 Å². The van der Waals surface area contributed by atoms with Crippen molar-refractivity contribution in [2.45, 2.75) is 58.8 Å². The van der Waals surface area contributed by atoms with Crippen LogP contribution in [-0.2, 0) is 18.9 Å². The lowest BCUT2D eigenvalue weighted by Gasteiger charge is -2.43. The van der Waals surface area contributed by atoms with Crippen molar-refractivity contribution in [3.63, 3.8) is 0 Å². The van der Waals surface area contributed by atoms with Gasteiger partial charge in [-0.05, 0) is 43.7 Å². The van der Waals surface area contributed by atoms with E-state index in [2.05, 4.69) is 25.9 Å². The zero-order chi connectivity index (χ0) is 24.4. The number of aryl methyl sites for hydroxylation is 2. The van der Waals surface area contributed by atoms with Gasteiger partial charge in [0.15, 0.2) is 5.78 Å². The Balaban J connectivity index is 1.36. The highest BCUT2D eigenvalue weighted by molar-refractivity contribution is 7.12. The average Bonchev–Trinajstić information content (AvgIpc) is 3.34. The molecule has 2 aromatic heterocycles. The van der Waals surface area contributed by atoms with Crippen LogP contribution in [0.25, 0.3) is 10.9 Å². The average molecular weight is 481 g/mol. The smallest absolute Gasteiger partial charge is 0.254 e. The second-order valence-corrected chi connectivity index (χ2v) is 12.0. The third-order valence-corrected chi connectivity index (χ3v) is 8.83. The summed E-state index contributed by atoms with van der Waals surface area (Å²) < 4.78 is 7.39. The minimum atomic E-state index is -0.0661. The summed E-state index contributed by atoms with van der Waals surface area (Å²) in [4.78, 5) is 34.2. The lowest BCUT2D eigenvalue weighted by atomic mass is 9.68. The maximum absolute atomic E-state index is 13.4. The molecule has 1 saturated heterocycles. The Morgan fingerprint density at radius 2 is 1.88 bits per heavy atom. The molecule has 1 aromatic carbocycles. The van der Waals surface area contributed by atoms with Gasteiger partial charge in [-0.15, -0.1) is 11.3 Å². The zero-order valence-corrected chi connectivity index (χ0v) is 21.6. The number of benzene rings is 1. The first-order chi connectivity index (χ1) is 16.0. The number of ether oxygens (including phenoxy) is 1. The van der Waals surface area contributed by atoms with Gasteiger partial charge < -0.3 is 9.64 Å². The van der Waals surface area contributed by atoms with Gasteiger partial charge in [-0.2, -0.15) is 5.10 Å². The minimum absolute atomic E-state index is 0.00420. The molecule has 2 aliphatic rings. The number of thiazole rings is 1. The van der Waals surface area contributed by atoms with Gasteiger partial charge >= 0.3 is 0 Å². The van der Waals surface area contributed by atoms with Crippen LogP contribution in [0.4, 0.5) is 0 Å². The van der Waals surface area contributed by atoms with Crippen LogP contribution in [0.2, 0.25) is 0 Å². The van der Waals surface area contributed by atoms with Crippen molar-refractivity contribution in [2.24, 2.45) is 12.5 Å². The number of likely N-dealkylation sites (tertiary alicyclic amines) is 1. The maximum Gasteiger partial charge on any atom is 0.254 e. The number of piperidine rings is 1. The fourth-order valence-electron chi connectivity index (χ4n) is 5.39. The first kappa shape index (κ1) is 23.0. The normalized spacial score (nSPS) is 17.9. The maximum atomic E-state index is 13.4. The lowest BCUT2D eigenvalue weighted by Crippen LogP contribution is -2.46. The van der Waals surface area contributed by atoms with Crippen LogP contribution >= 0.6 is 11.3 Å². The first-order valence-electron chi connectivity index (χ1n) is 11.9. The summed E-state index contributed by atoms with van der Waals surface area (Å²) >= 11 is 1.69. The topological polar surface area (TPSA) is 77.3 Å². The number of carbonyl (C=O) groups excluding carboxylic acids is 2. The van der Waals surface area contributed by atoms with Crippen LogP contribution in [0.1, 0.15) is 76.5 Å². The van der Waals surface area contributed by atoms with E-state index >= 15 is 0 Å². The number of aromatic nitrogens is 3. The Morgan fingerprint density at radius 3 is 2.53 bits per heavy atom. The van der Waals surface area contributed by atoms with Gasteiger partial charge in [0.1, 0.15) is 11.4 Å². The predicted octanol–water partition coefficient (Wildman–Crippen LogP) is 4.70. The second kappa shape index (κ2) is 7.90. The van der Waals surface area contributed by atoms with Gasteiger partial charge in [-0.1, -0.05) is 20.8 Å². The Labute approximate surface area is 204 Å². The summed E-state index contributed by atoms with van der Waals surface area (Å²) in [5.41, 5.74) is 2.95. The summed E-state index contributed by atoms with van der Waals surface area (Å²) in [6.07, 6.45) is 3.08. The van der Waals surface area contributed by atoms with Crippen molar-refractivity contribution >= 4 is 33.9 Å². The number of hydrogen-bond acceptors (Lipinski definition) is 6. The zero-order valence-electron chi connectivity index (χ0n) is 20.8. The van der Waals surface area contributed by atoms with Crippen molar-refractivity contribution in [3.05, 3.63) is 39.0 Å². The molecule has 0 radical (unpaired) electrons. The van der Waals surface area contributed by atoms with Gasteiger partial charge in [0.2, 0.25) is 0 Å². The molecule has 1 spiro atoms. The monoisotopic (exact) mass is 480 g/mol. The van der Waals surface area contributed by atoms with Crippen molar-refractivity contribution in [3.8, 4) is 5.75 Å². The summed E-state index contributed by atoms with van der Waals surface area (Å²) in [7, 11) is 3.51. The van der Waals surface area contributed by atoms with E-state index in [1.807, 2.05) is 31.0 Å². The highest BCUT2D eigenvalue weighted by Crippen LogP contribution is 2.46. The number of Topliss-reactive ketones (excluding diaryl/α,β-unsaturated/α-hetero) is 1. The molecule has 0 atom stereocenters. The van der Waals surface area contributed by atoms with Gasteiger partial charge in [-0.3, -0.25) is 14.3 Å². The molecule has 3 heterocycles. The van der Waals surface area contributed by atoms with E-state index in [9.17, 15) is 9.59 Å². The molecule has 8 heteroatoms. The molecule has 1 amide bonds. The van der Waals surface area contributed by atoms with E-state index in [-0.39, 0.29) is 22.5 Å². The number of nitrogens with zero attached hydrogens (tertiary/aromatic N) is 4. The van der Waals surface area contributed by atoms with Gasteiger partial charge in [0.25, 0.3) is 5.91 Å². The summed E-state index contributed by atoms with van der Waals surface area (Å²) in [5.74, 6) is 0.837. The van der Waals surface area contributed by atoms with E-state index in [4.69, 9.17) is 9.72 Å². The van der Waals surface area contributed by atoms with Crippen LogP contribution in [0.3, 0.4) is 0 Å². The summed E-state index contributed by atoms with van der Waals surface area (Å²) in [6.45, 7) is 9.66. The largest absolute Gasteiger partial charge is 0.496 e. The van der Waals surface area contributed by atoms with Gasteiger partial charge in [0.05, 0.1) is 28.7 Å². The van der Waals surface area contributed by atoms with Crippen molar-refractivity contribution in [1.29, 1.82) is 0 Å². The number of ketones is 1. The van der Waals surface area contributed by atoms with E-state index in [1.165, 1.54) is 0 Å². The number of rotatable bonds is 2. The Kier molecular flexibility index (Phi) is 5.35. The van der Waals surface area contributed by atoms with Crippen molar-refractivity contribution in [1.82, 2.24) is 19.7 Å². The molecule has 0 bridgehead atoms. The van der Waals surface area contributed by atoms with E-state index in [0.29, 0.717) is 36.5 Å².